The molecular weight excluding hydrogens is 665 g/mol. The fraction of sp³-hybridized carbons (Fsp3) is 0.300. The van der Waals surface area contributed by atoms with Crippen molar-refractivity contribution in [3.05, 3.63) is 119 Å². The lowest BCUT2D eigenvalue weighted by Crippen LogP contribution is -2.64. The summed E-state index contributed by atoms with van der Waals surface area (Å²) in [5.74, 6) is 0. The Labute approximate surface area is 303 Å². The van der Waals surface area contributed by atoms with E-state index in [2.05, 4.69) is 52.2 Å². The molecule has 0 unspecified atom stereocenters. The Morgan fingerprint density at radius 3 is 1.08 bits per heavy atom. The van der Waals surface area contributed by atoms with E-state index in [0.717, 1.165) is 46.5 Å². The zero-order valence-electron chi connectivity index (χ0n) is 29.4. The summed E-state index contributed by atoms with van der Waals surface area (Å²) in [6, 6.07) is 29.5. The van der Waals surface area contributed by atoms with Gasteiger partial charge in [0.25, 0.3) is 10.5 Å². The van der Waals surface area contributed by atoms with Crippen molar-refractivity contribution in [2.75, 3.05) is 20.4 Å². The second kappa shape index (κ2) is 15.6. The van der Waals surface area contributed by atoms with Gasteiger partial charge in [-0.05, 0) is 96.5 Å². The highest BCUT2D eigenvalue weighted by Gasteiger charge is 2.45. The van der Waals surface area contributed by atoms with Crippen molar-refractivity contribution >= 4 is 68.8 Å². The van der Waals surface area contributed by atoms with Gasteiger partial charge in [-0.25, -0.2) is 19.4 Å². The summed E-state index contributed by atoms with van der Waals surface area (Å²) >= 11 is 2.60. The molecule has 1 heterocycles. The van der Waals surface area contributed by atoms with Crippen LogP contribution in [-0.4, -0.2) is 32.0 Å². The molecule has 260 valence electrons. The molecule has 2 N–H and O–H groups in total. The van der Waals surface area contributed by atoms with Gasteiger partial charge in [-0.1, -0.05) is 114 Å². The Hall–Kier alpha value is -4.54. The van der Waals surface area contributed by atoms with Crippen LogP contribution in [-0.2, 0) is 12.8 Å². The van der Waals surface area contributed by atoms with Crippen molar-refractivity contribution < 1.29 is 19.2 Å². The minimum absolute atomic E-state index is 0.0706. The molecule has 1 saturated heterocycles. The summed E-state index contributed by atoms with van der Waals surface area (Å²) in [4.78, 5) is 53.3. The van der Waals surface area contributed by atoms with Crippen LogP contribution >= 0.6 is 23.5 Å². The van der Waals surface area contributed by atoms with Crippen LogP contribution in [0.2, 0.25) is 0 Å². The standard InChI is InChI=1S/C40H44N4O4S2/c1-7-39(3,4)49-35(45)41-31-17-9-27(10-18-31)25-29-13-21-33(22-14-29)43-37(47)44(38(43)48)34-23-15-30(16-24-34)26-28-11-19-32(20-12-28)42-36(46)50-40(5,6)8-2/h9-24H,7-8,25-26H2,1-6H3,(H,41,45)(H,42,46). The lowest BCUT2D eigenvalue weighted by atomic mass is 10.0. The van der Waals surface area contributed by atoms with E-state index in [-0.39, 0.29) is 20.0 Å². The van der Waals surface area contributed by atoms with Crippen LogP contribution in [0.25, 0.3) is 0 Å². The van der Waals surface area contributed by atoms with E-state index >= 15 is 0 Å². The Kier molecular flexibility index (Phi) is 11.4. The normalized spacial score (nSPS) is 13.2. The van der Waals surface area contributed by atoms with Gasteiger partial charge in [0, 0.05) is 20.9 Å². The predicted molar refractivity (Wildman–Crippen MR) is 209 cm³/mol. The fourth-order valence-electron chi connectivity index (χ4n) is 5.10. The summed E-state index contributed by atoms with van der Waals surface area (Å²) in [5.41, 5.74) is 6.78. The van der Waals surface area contributed by atoms with Gasteiger partial charge in [-0.15, -0.1) is 0 Å². The van der Waals surface area contributed by atoms with Crippen LogP contribution in [0.15, 0.2) is 97.1 Å². The maximum absolute atomic E-state index is 13.1. The summed E-state index contributed by atoms with van der Waals surface area (Å²) in [6.45, 7) is 12.3. The van der Waals surface area contributed by atoms with Crippen molar-refractivity contribution in [3.63, 3.8) is 0 Å². The Balaban J connectivity index is 1.11. The molecule has 6 amide bonds. The lowest BCUT2D eigenvalue weighted by Gasteiger charge is -2.38. The first-order valence-electron chi connectivity index (χ1n) is 16.8. The molecule has 50 heavy (non-hydrogen) atoms. The van der Waals surface area contributed by atoms with E-state index in [1.54, 1.807) is 24.3 Å². The lowest BCUT2D eigenvalue weighted by molar-refractivity contribution is 0.226. The maximum Gasteiger partial charge on any atom is 0.345 e. The molecule has 0 saturated carbocycles. The molecular formula is C40H44N4O4S2. The number of nitrogens with one attached hydrogen (secondary N) is 2. The van der Waals surface area contributed by atoms with Crippen molar-refractivity contribution in [2.24, 2.45) is 0 Å². The van der Waals surface area contributed by atoms with Crippen molar-refractivity contribution in [3.8, 4) is 0 Å². The predicted octanol–water partition coefficient (Wildman–Crippen LogP) is 11.3. The molecule has 0 radical (unpaired) electrons. The van der Waals surface area contributed by atoms with E-state index in [4.69, 9.17) is 0 Å². The first-order chi connectivity index (χ1) is 23.8. The van der Waals surface area contributed by atoms with E-state index in [9.17, 15) is 19.2 Å². The van der Waals surface area contributed by atoms with Gasteiger partial charge >= 0.3 is 12.1 Å². The van der Waals surface area contributed by atoms with Crippen LogP contribution < -0.4 is 20.4 Å². The van der Waals surface area contributed by atoms with Crippen LogP contribution in [0.3, 0.4) is 0 Å². The molecule has 1 aliphatic rings. The Morgan fingerprint density at radius 2 is 0.800 bits per heavy atom. The summed E-state index contributed by atoms with van der Waals surface area (Å²) in [7, 11) is 0. The molecule has 0 aliphatic carbocycles. The smallest absolute Gasteiger partial charge is 0.317 e. The number of anilines is 4. The quantitative estimate of drug-likeness (QED) is 0.152. The third-order valence-corrected chi connectivity index (χ3v) is 11.1. The zero-order chi connectivity index (χ0) is 36.1. The molecule has 0 aromatic heterocycles. The van der Waals surface area contributed by atoms with Crippen LogP contribution in [0.4, 0.5) is 41.9 Å². The van der Waals surface area contributed by atoms with Gasteiger partial charge < -0.3 is 10.6 Å². The monoisotopic (exact) mass is 708 g/mol. The van der Waals surface area contributed by atoms with Crippen molar-refractivity contribution in [1.82, 2.24) is 0 Å². The number of nitrogens with zero attached hydrogens (tertiary/aromatic N) is 2. The minimum atomic E-state index is -0.397. The first-order valence-corrected chi connectivity index (χ1v) is 18.4. The van der Waals surface area contributed by atoms with Crippen LogP contribution in [0.1, 0.15) is 76.6 Å². The van der Waals surface area contributed by atoms with Gasteiger partial charge in [-0.3, -0.25) is 9.59 Å². The number of rotatable bonds is 12. The van der Waals surface area contributed by atoms with E-state index in [1.807, 2.05) is 72.8 Å². The van der Waals surface area contributed by atoms with Crippen LogP contribution in [0.5, 0.6) is 0 Å². The number of imide groups is 2. The third kappa shape index (κ3) is 9.37. The van der Waals surface area contributed by atoms with E-state index in [0.29, 0.717) is 24.2 Å². The molecule has 1 aliphatic heterocycles. The number of hydrogen-bond donors (Lipinski definition) is 2. The Bertz CT molecular complexity index is 1690. The topological polar surface area (TPSA) is 98.8 Å². The number of carbonyl (C=O) groups excluding carboxylic acids is 4. The summed E-state index contributed by atoms with van der Waals surface area (Å²) < 4.78 is -0.232. The number of urea groups is 2. The number of thioether (sulfide) groups is 2. The van der Waals surface area contributed by atoms with Gasteiger partial charge in [0.2, 0.25) is 0 Å². The largest absolute Gasteiger partial charge is 0.345 e. The van der Waals surface area contributed by atoms with Gasteiger partial charge in [0.05, 0.1) is 11.4 Å². The highest BCUT2D eigenvalue weighted by atomic mass is 32.2. The second-order valence-electron chi connectivity index (χ2n) is 13.6. The molecule has 5 rings (SSSR count). The van der Waals surface area contributed by atoms with E-state index < -0.39 is 12.1 Å². The van der Waals surface area contributed by atoms with Gasteiger partial charge in [0.15, 0.2) is 0 Å². The highest BCUT2D eigenvalue weighted by molar-refractivity contribution is 8.15. The van der Waals surface area contributed by atoms with Gasteiger partial charge in [0.1, 0.15) is 0 Å². The molecule has 8 nitrogen and oxygen atoms in total. The summed E-state index contributed by atoms with van der Waals surface area (Å²) in [5, 5.41) is 5.75. The van der Waals surface area contributed by atoms with E-state index in [1.165, 1.54) is 33.3 Å². The molecule has 0 atom stereocenters. The number of amides is 6. The Morgan fingerprint density at radius 1 is 0.520 bits per heavy atom. The van der Waals surface area contributed by atoms with Crippen molar-refractivity contribution in [1.29, 1.82) is 0 Å². The molecule has 4 aromatic rings. The molecule has 0 spiro atoms. The third-order valence-electron chi connectivity index (χ3n) is 8.81. The molecule has 10 heteroatoms. The first kappa shape index (κ1) is 36.7. The SMILES string of the molecule is CCC(C)(C)SC(=O)Nc1ccc(Cc2ccc(N3C(=O)N(c4ccc(Cc5ccc(NC(=O)SC(C)(C)CC)cc5)cc4)C3=O)cc2)cc1. The minimum Gasteiger partial charge on any atom is -0.317 e. The number of carbonyl (C=O) groups is 4. The number of hydrogen-bond acceptors (Lipinski definition) is 6. The summed E-state index contributed by atoms with van der Waals surface area (Å²) in [6.07, 6.45) is 3.14. The molecule has 1 fully saturated rings. The van der Waals surface area contributed by atoms with Crippen LogP contribution in [0, 0.1) is 0 Å². The fourth-order valence-corrected chi connectivity index (χ4v) is 6.73. The average molecular weight is 709 g/mol. The average Bonchev–Trinajstić information content (AvgIpc) is 3.08. The molecule has 4 aromatic carbocycles. The van der Waals surface area contributed by atoms with Crippen molar-refractivity contribution in [2.45, 2.75) is 76.7 Å². The van der Waals surface area contributed by atoms with Gasteiger partial charge in [-0.2, -0.15) is 0 Å². The number of benzene rings is 4. The zero-order valence-corrected chi connectivity index (χ0v) is 31.0. The second-order valence-corrected chi connectivity index (χ2v) is 16.9. The highest BCUT2D eigenvalue weighted by Crippen LogP contribution is 2.33. The maximum atomic E-state index is 13.1. The molecule has 0 bridgehead atoms.